The number of carbonyl (C=O) groups is 2. The van der Waals surface area contributed by atoms with Crippen LogP contribution in [0.2, 0.25) is 0 Å². The summed E-state index contributed by atoms with van der Waals surface area (Å²) in [6.07, 6.45) is -0.431. The minimum atomic E-state index is -3.72. The standard InChI is InChI=1S/C18H19N3O5S3/c22-17(19-13-2-1-3-14(12-13)21-5-8-26-18(21)23)16-15(4-9-28-16)29(24,25)20-6-10-27-11-7-20/h1-4,9,12H,5-8,10-11H2,(H,19,22). The number of hydrogen-bond acceptors (Lipinski definition) is 7. The van der Waals surface area contributed by atoms with E-state index in [0.29, 0.717) is 37.6 Å². The van der Waals surface area contributed by atoms with E-state index in [0.717, 1.165) is 22.8 Å². The van der Waals surface area contributed by atoms with Gasteiger partial charge >= 0.3 is 6.09 Å². The van der Waals surface area contributed by atoms with Crippen LogP contribution in [0, 0.1) is 0 Å². The summed E-state index contributed by atoms with van der Waals surface area (Å²) < 4.78 is 32.3. The highest BCUT2D eigenvalue weighted by atomic mass is 32.2. The summed E-state index contributed by atoms with van der Waals surface area (Å²) in [5, 5.41) is 4.35. The van der Waals surface area contributed by atoms with Gasteiger partial charge in [-0.05, 0) is 29.6 Å². The summed E-state index contributed by atoms with van der Waals surface area (Å²) in [5.74, 6) is 0.999. The highest BCUT2D eigenvalue weighted by molar-refractivity contribution is 7.99. The van der Waals surface area contributed by atoms with E-state index in [9.17, 15) is 18.0 Å². The molecule has 0 spiro atoms. The van der Waals surface area contributed by atoms with E-state index >= 15 is 0 Å². The minimum Gasteiger partial charge on any atom is -0.447 e. The molecule has 2 aliphatic rings. The predicted octanol–water partition coefficient (Wildman–Crippen LogP) is 2.69. The van der Waals surface area contributed by atoms with Crippen LogP contribution in [0.15, 0.2) is 40.6 Å². The molecular weight excluding hydrogens is 434 g/mol. The molecule has 0 radical (unpaired) electrons. The third-order valence-corrected chi connectivity index (χ3v) is 8.53. The second kappa shape index (κ2) is 8.34. The Kier molecular flexibility index (Phi) is 5.81. The van der Waals surface area contributed by atoms with Crippen molar-refractivity contribution in [3.63, 3.8) is 0 Å². The number of sulfonamides is 1. The highest BCUT2D eigenvalue weighted by Crippen LogP contribution is 2.29. The fraction of sp³-hybridized carbons (Fsp3) is 0.333. The van der Waals surface area contributed by atoms with E-state index in [2.05, 4.69) is 5.32 Å². The van der Waals surface area contributed by atoms with Crippen LogP contribution in [-0.2, 0) is 14.8 Å². The molecule has 0 atom stereocenters. The first-order chi connectivity index (χ1) is 14.0. The van der Waals surface area contributed by atoms with Crippen molar-refractivity contribution in [1.82, 2.24) is 4.31 Å². The summed E-state index contributed by atoms with van der Waals surface area (Å²) in [4.78, 5) is 26.2. The predicted molar refractivity (Wildman–Crippen MR) is 113 cm³/mol. The fourth-order valence-electron chi connectivity index (χ4n) is 3.16. The van der Waals surface area contributed by atoms with Gasteiger partial charge in [0, 0.05) is 36.0 Å². The minimum absolute atomic E-state index is 0.0335. The average Bonchev–Trinajstić information content (AvgIpc) is 3.38. The maximum absolute atomic E-state index is 13.0. The number of amides is 2. The summed E-state index contributed by atoms with van der Waals surface area (Å²) in [5.41, 5.74) is 1.08. The number of rotatable bonds is 5. The Morgan fingerprint density at radius 2 is 1.93 bits per heavy atom. The van der Waals surface area contributed by atoms with E-state index in [1.807, 2.05) is 0 Å². The summed E-state index contributed by atoms with van der Waals surface area (Å²) in [6.45, 7) is 1.65. The first-order valence-corrected chi connectivity index (χ1v) is 12.5. The summed E-state index contributed by atoms with van der Waals surface area (Å²) >= 11 is 2.81. The molecule has 1 N–H and O–H groups in total. The molecule has 2 saturated heterocycles. The Bertz CT molecular complexity index is 1030. The Morgan fingerprint density at radius 1 is 1.14 bits per heavy atom. The van der Waals surface area contributed by atoms with E-state index in [-0.39, 0.29) is 9.77 Å². The van der Waals surface area contributed by atoms with E-state index in [1.54, 1.807) is 41.4 Å². The third-order valence-electron chi connectivity index (χ3n) is 4.60. The number of nitrogens with zero attached hydrogens (tertiary/aromatic N) is 2. The van der Waals surface area contributed by atoms with E-state index in [4.69, 9.17) is 4.74 Å². The van der Waals surface area contributed by atoms with Crippen LogP contribution < -0.4 is 10.2 Å². The van der Waals surface area contributed by atoms with Crippen molar-refractivity contribution in [3.05, 3.63) is 40.6 Å². The van der Waals surface area contributed by atoms with Crippen LogP contribution in [0.4, 0.5) is 16.2 Å². The quantitative estimate of drug-likeness (QED) is 0.748. The highest BCUT2D eigenvalue weighted by Gasteiger charge is 2.31. The fourth-order valence-corrected chi connectivity index (χ4v) is 7.03. The molecule has 2 amide bonds. The zero-order chi connectivity index (χ0) is 20.4. The molecule has 154 valence electrons. The van der Waals surface area contributed by atoms with E-state index < -0.39 is 22.0 Å². The number of nitrogens with one attached hydrogen (secondary N) is 1. The maximum Gasteiger partial charge on any atom is 0.414 e. The number of carbonyl (C=O) groups excluding carboxylic acids is 2. The van der Waals surface area contributed by atoms with E-state index in [1.165, 1.54) is 15.3 Å². The molecule has 2 aliphatic heterocycles. The normalized spacial score (nSPS) is 17.9. The van der Waals surface area contributed by atoms with Gasteiger partial charge in [-0.25, -0.2) is 13.2 Å². The molecule has 2 fully saturated rings. The summed E-state index contributed by atoms with van der Waals surface area (Å²) in [7, 11) is -3.72. The number of cyclic esters (lactones) is 1. The molecule has 29 heavy (non-hydrogen) atoms. The number of benzene rings is 1. The van der Waals surface area contributed by atoms with Crippen molar-refractivity contribution >= 4 is 56.5 Å². The lowest BCUT2D eigenvalue weighted by atomic mass is 10.2. The largest absolute Gasteiger partial charge is 0.447 e. The average molecular weight is 454 g/mol. The number of ether oxygens (including phenoxy) is 1. The molecular formula is C18H19N3O5S3. The maximum atomic E-state index is 13.0. The molecule has 0 aliphatic carbocycles. The Hall–Kier alpha value is -2.08. The van der Waals surface area contributed by atoms with Gasteiger partial charge in [0.25, 0.3) is 5.91 Å². The van der Waals surface area contributed by atoms with Gasteiger partial charge in [0.15, 0.2) is 0 Å². The Morgan fingerprint density at radius 3 is 2.66 bits per heavy atom. The molecule has 0 bridgehead atoms. The smallest absolute Gasteiger partial charge is 0.414 e. The van der Waals surface area contributed by atoms with Crippen molar-refractivity contribution in [3.8, 4) is 0 Å². The van der Waals surface area contributed by atoms with Crippen molar-refractivity contribution in [1.29, 1.82) is 0 Å². The van der Waals surface area contributed by atoms with Gasteiger partial charge < -0.3 is 10.1 Å². The molecule has 11 heteroatoms. The lowest BCUT2D eigenvalue weighted by molar-refractivity contribution is 0.102. The van der Waals surface area contributed by atoms with Crippen LogP contribution in [0.3, 0.4) is 0 Å². The molecule has 2 aromatic rings. The Balaban J connectivity index is 1.55. The number of thioether (sulfide) groups is 1. The van der Waals surface area contributed by atoms with Gasteiger partial charge in [-0.15, -0.1) is 11.3 Å². The van der Waals surface area contributed by atoms with Crippen LogP contribution in [0.1, 0.15) is 9.67 Å². The summed E-state index contributed by atoms with van der Waals surface area (Å²) in [6, 6.07) is 8.29. The van der Waals surface area contributed by atoms with Gasteiger partial charge in [0.1, 0.15) is 16.4 Å². The van der Waals surface area contributed by atoms with Gasteiger partial charge in [0.2, 0.25) is 10.0 Å². The number of anilines is 2. The molecule has 0 unspecified atom stereocenters. The van der Waals surface area contributed by atoms with Gasteiger partial charge in [-0.3, -0.25) is 9.69 Å². The lowest BCUT2D eigenvalue weighted by Gasteiger charge is -2.25. The number of thiophene rings is 1. The number of hydrogen-bond donors (Lipinski definition) is 1. The first-order valence-electron chi connectivity index (χ1n) is 8.98. The molecule has 4 rings (SSSR count). The van der Waals surface area contributed by atoms with Crippen molar-refractivity contribution in [2.24, 2.45) is 0 Å². The van der Waals surface area contributed by atoms with Crippen molar-refractivity contribution in [2.45, 2.75) is 4.90 Å². The van der Waals surface area contributed by atoms with Crippen molar-refractivity contribution < 1.29 is 22.7 Å². The van der Waals surface area contributed by atoms with Gasteiger partial charge in [0.05, 0.1) is 6.54 Å². The monoisotopic (exact) mass is 453 g/mol. The molecule has 8 nitrogen and oxygen atoms in total. The Labute approximate surface area is 176 Å². The second-order valence-electron chi connectivity index (χ2n) is 6.40. The van der Waals surface area contributed by atoms with Crippen LogP contribution in [-0.4, -0.2) is 62.5 Å². The van der Waals surface area contributed by atoms with Crippen molar-refractivity contribution in [2.75, 3.05) is 48.0 Å². The zero-order valence-electron chi connectivity index (χ0n) is 15.4. The first kappa shape index (κ1) is 20.2. The lowest BCUT2D eigenvalue weighted by Crippen LogP contribution is -2.38. The SMILES string of the molecule is O=C(Nc1cccc(N2CCOC2=O)c1)c1sccc1S(=O)(=O)N1CCSCC1. The second-order valence-corrected chi connectivity index (χ2v) is 10.4. The zero-order valence-corrected chi connectivity index (χ0v) is 17.8. The third kappa shape index (κ3) is 4.13. The molecule has 3 heterocycles. The van der Waals surface area contributed by atoms with Gasteiger partial charge in [-0.1, -0.05) is 6.07 Å². The molecule has 1 aromatic carbocycles. The van der Waals surface area contributed by atoms with Crippen LogP contribution >= 0.6 is 23.1 Å². The van der Waals surface area contributed by atoms with Crippen LogP contribution in [0.25, 0.3) is 0 Å². The molecule has 1 aromatic heterocycles. The van der Waals surface area contributed by atoms with Crippen LogP contribution in [0.5, 0.6) is 0 Å². The molecule has 0 saturated carbocycles. The van der Waals surface area contributed by atoms with Gasteiger partial charge in [-0.2, -0.15) is 16.1 Å². The topological polar surface area (TPSA) is 96.0 Å².